The summed E-state index contributed by atoms with van der Waals surface area (Å²) in [5.41, 5.74) is -5.76. The van der Waals surface area contributed by atoms with Crippen molar-refractivity contribution in [3.05, 3.63) is 23.3 Å². The van der Waals surface area contributed by atoms with E-state index >= 15 is 0 Å². The van der Waals surface area contributed by atoms with Crippen LogP contribution in [0.25, 0.3) is 0 Å². The third-order valence-electron chi connectivity index (χ3n) is 14.3. The van der Waals surface area contributed by atoms with Gasteiger partial charge in [0.25, 0.3) is 0 Å². The molecule has 0 aliphatic heterocycles. The summed E-state index contributed by atoms with van der Waals surface area (Å²) in [6.45, 7) is 10.2. The summed E-state index contributed by atoms with van der Waals surface area (Å²) in [5, 5.41) is 36.5. The van der Waals surface area contributed by atoms with E-state index in [1.807, 2.05) is 0 Å². The van der Waals surface area contributed by atoms with Gasteiger partial charge in [-0.15, -0.1) is 0 Å². The van der Waals surface area contributed by atoms with E-state index in [4.69, 9.17) is 14.2 Å². The van der Waals surface area contributed by atoms with Gasteiger partial charge < -0.3 is 29.5 Å². The average molecular weight is 815 g/mol. The van der Waals surface area contributed by atoms with Crippen molar-refractivity contribution in [2.45, 2.75) is 212 Å². The highest BCUT2D eigenvalue weighted by Gasteiger charge is 2.89. The van der Waals surface area contributed by atoms with Crippen molar-refractivity contribution >= 4 is 23.7 Å². The molecule has 10 heteroatoms. The van der Waals surface area contributed by atoms with E-state index in [-0.39, 0.29) is 31.8 Å². The number of esters is 3. The first kappa shape index (κ1) is 48.1. The van der Waals surface area contributed by atoms with E-state index in [0.717, 1.165) is 38.5 Å². The van der Waals surface area contributed by atoms with Crippen LogP contribution < -0.4 is 0 Å². The fourth-order valence-electron chi connectivity index (χ4n) is 11.0. The number of hydrogen-bond acceptors (Lipinski definition) is 10. The standard InChI is InChI=1S/C48H78O10/c1-7-9-11-13-15-16-17-18-19-20-22-24-26-28-41(52)57-44-35(4)47(55)38(42-45(6,33-49)48(42,44)58-36(5)50)30-37(31-46(54)39(47)29-34(3)43(46)53)32-56-40(51)27-25-23-21-14-12-10-8-2/h29-30,35,38-39,42,44,49,54-55H,7-28,31-33H2,1-6H3. The first-order valence-electron chi connectivity index (χ1n) is 23.2. The average Bonchev–Trinajstić information content (AvgIpc) is 3.66. The van der Waals surface area contributed by atoms with Crippen LogP contribution in [0.4, 0.5) is 0 Å². The monoisotopic (exact) mass is 815 g/mol. The number of ketones is 1. The molecule has 0 heterocycles. The fourth-order valence-corrected chi connectivity index (χ4v) is 11.0. The molecular weight excluding hydrogens is 737 g/mol. The largest absolute Gasteiger partial charge is 0.461 e. The minimum atomic E-state index is -2.05. The number of aliphatic hydroxyl groups is 3. The van der Waals surface area contributed by atoms with Gasteiger partial charge >= 0.3 is 17.9 Å². The molecule has 330 valence electrons. The summed E-state index contributed by atoms with van der Waals surface area (Å²) in [7, 11) is 0. The Morgan fingerprint density at radius 2 is 1.24 bits per heavy atom. The zero-order chi connectivity index (χ0) is 42.6. The second-order valence-corrected chi connectivity index (χ2v) is 18.7. The molecule has 0 aromatic carbocycles. The normalized spacial score (nSPS) is 32.3. The van der Waals surface area contributed by atoms with E-state index in [1.165, 1.54) is 84.0 Å². The van der Waals surface area contributed by atoms with Gasteiger partial charge in [0.05, 0.1) is 12.2 Å². The lowest BCUT2D eigenvalue weighted by Crippen LogP contribution is -2.66. The molecule has 9 atom stereocenters. The number of unbranched alkanes of at least 4 members (excludes halogenated alkanes) is 18. The van der Waals surface area contributed by atoms with Gasteiger partial charge in [0, 0.05) is 55.3 Å². The van der Waals surface area contributed by atoms with Gasteiger partial charge in [0.15, 0.2) is 11.4 Å². The Kier molecular flexibility index (Phi) is 18.1. The first-order valence-corrected chi connectivity index (χ1v) is 23.2. The van der Waals surface area contributed by atoms with Crippen LogP contribution in [-0.4, -0.2) is 75.1 Å². The highest BCUT2D eigenvalue weighted by molar-refractivity contribution is 6.04. The Labute approximate surface area is 349 Å². The molecule has 3 N–H and O–H groups in total. The highest BCUT2D eigenvalue weighted by Crippen LogP contribution is 2.77. The van der Waals surface area contributed by atoms with Gasteiger partial charge in [0.2, 0.25) is 0 Å². The zero-order valence-corrected chi connectivity index (χ0v) is 36.9. The zero-order valence-electron chi connectivity index (χ0n) is 36.9. The summed E-state index contributed by atoms with van der Waals surface area (Å²) in [4.78, 5) is 53.2. The van der Waals surface area contributed by atoms with E-state index in [1.54, 1.807) is 32.9 Å². The first-order chi connectivity index (χ1) is 27.7. The SMILES string of the molecule is CCCCCCCCCCCCCCCC(=O)OC1C(C)C2(O)C(C=C(COC(=O)CCCCCCCCC)CC3(O)C(=O)C(C)=CC32)C2C(C)(CO)C12OC(C)=O. The number of hydrogen-bond donors (Lipinski definition) is 3. The molecule has 0 saturated heterocycles. The quantitative estimate of drug-likeness (QED) is 0.0316. The lowest BCUT2D eigenvalue weighted by molar-refractivity contribution is -0.228. The van der Waals surface area contributed by atoms with Crippen molar-refractivity contribution in [2.75, 3.05) is 13.2 Å². The van der Waals surface area contributed by atoms with Gasteiger partial charge in [-0.05, 0) is 30.9 Å². The third kappa shape index (κ3) is 10.5. The lowest BCUT2D eigenvalue weighted by Gasteiger charge is -2.53. The Morgan fingerprint density at radius 3 is 1.72 bits per heavy atom. The predicted octanol–water partition coefficient (Wildman–Crippen LogP) is 9.20. The Bertz CT molecular complexity index is 1450. The molecule has 10 nitrogen and oxygen atoms in total. The molecule has 2 fully saturated rings. The second-order valence-electron chi connectivity index (χ2n) is 18.7. The molecule has 4 aliphatic carbocycles. The summed E-state index contributed by atoms with van der Waals surface area (Å²) >= 11 is 0. The van der Waals surface area contributed by atoms with E-state index < -0.39 is 76.3 Å². The molecule has 0 spiro atoms. The number of Topliss-reactive ketones (excluding diaryl/α,β-unsaturated/α-hetero) is 1. The maximum Gasteiger partial charge on any atom is 0.306 e. The molecule has 0 aromatic heterocycles. The van der Waals surface area contributed by atoms with E-state index in [9.17, 15) is 34.5 Å². The number of aliphatic hydroxyl groups excluding tert-OH is 1. The number of fused-ring (bicyclic) bond motifs is 5. The van der Waals surface area contributed by atoms with Crippen LogP contribution in [0, 0.1) is 29.1 Å². The van der Waals surface area contributed by atoms with Crippen LogP contribution in [0.2, 0.25) is 0 Å². The molecule has 0 radical (unpaired) electrons. The Balaban J connectivity index is 1.48. The van der Waals surface area contributed by atoms with Crippen molar-refractivity contribution in [3.63, 3.8) is 0 Å². The summed E-state index contributed by atoms with van der Waals surface area (Å²) < 4.78 is 18.2. The lowest BCUT2D eigenvalue weighted by atomic mass is 9.59. The van der Waals surface area contributed by atoms with Crippen LogP contribution in [0.1, 0.15) is 189 Å². The maximum absolute atomic E-state index is 13.8. The van der Waals surface area contributed by atoms with Crippen LogP contribution in [-0.2, 0) is 33.4 Å². The van der Waals surface area contributed by atoms with Crippen molar-refractivity contribution in [1.29, 1.82) is 0 Å². The summed E-state index contributed by atoms with van der Waals surface area (Å²) in [5.74, 6) is -5.65. The smallest absolute Gasteiger partial charge is 0.306 e. The molecular formula is C48H78O10. The van der Waals surface area contributed by atoms with E-state index in [0.29, 0.717) is 24.0 Å². The van der Waals surface area contributed by atoms with Crippen molar-refractivity contribution < 1.29 is 48.7 Å². The predicted molar refractivity (Wildman–Crippen MR) is 224 cm³/mol. The number of carbonyl (C=O) groups is 4. The highest BCUT2D eigenvalue weighted by atomic mass is 16.6. The van der Waals surface area contributed by atoms with Crippen LogP contribution in [0.3, 0.4) is 0 Å². The minimum Gasteiger partial charge on any atom is -0.461 e. The van der Waals surface area contributed by atoms with Crippen molar-refractivity contribution in [3.8, 4) is 0 Å². The number of carbonyl (C=O) groups excluding carboxylic acids is 4. The molecule has 0 aromatic rings. The van der Waals surface area contributed by atoms with Crippen LogP contribution >= 0.6 is 0 Å². The van der Waals surface area contributed by atoms with Gasteiger partial charge in [-0.3, -0.25) is 19.2 Å². The van der Waals surface area contributed by atoms with Crippen molar-refractivity contribution in [2.24, 2.45) is 29.1 Å². The number of ether oxygens (including phenoxy) is 3. The molecule has 58 heavy (non-hydrogen) atoms. The Hall–Kier alpha value is -2.56. The van der Waals surface area contributed by atoms with E-state index in [2.05, 4.69) is 13.8 Å². The van der Waals surface area contributed by atoms with Gasteiger partial charge in [-0.25, -0.2) is 0 Å². The minimum absolute atomic E-state index is 0.151. The van der Waals surface area contributed by atoms with Crippen LogP contribution in [0.15, 0.2) is 23.3 Å². The Morgan fingerprint density at radius 1 is 0.759 bits per heavy atom. The molecule has 4 aliphatic rings. The summed E-state index contributed by atoms with van der Waals surface area (Å²) in [6, 6.07) is 0. The van der Waals surface area contributed by atoms with Gasteiger partial charge in [-0.1, -0.05) is 155 Å². The number of rotatable bonds is 27. The summed E-state index contributed by atoms with van der Waals surface area (Å²) in [6.07, 6.45) is 25.1. The van der Waals surface area contributed by atoms with Crippen LogP contribution in [0.5, 0.6) is 0 Å². The molecule has 0 bridgehead atoms. The molecule has 0 amide bonds. The molecule has 2 saturated carbocycles. The molecule has 9 unspecified atom stereocenters. The second kappa shape index (κ2) is 21.8. The topological polar surface area (TPSA) is 157 Å². The van der Waals surface area contributed by atoms with Gasteiger partial charge in [0.1, 0.15) is 18.3 Å². The van der Waals surface area contributed by atoms with Gasteiger partial charge in [-0.2, -0.15) is 0 Å². The third-order valence-corrected chi connectivity index (χ3v) is 14.3. The maximum atomic E-state index is 13.8. The fraction of sp³-hybridized carbons (Fsp3) is 0.833. The van der Waals surface area contributed by atoms with Crippen molar-refractivity contribution in [1.82, 2.24) is 0 Å². The molecule has 4 rings (SSSR count).